The summed E-state index contributed by atoms with van der Waals surface area (Å²) in [6.45, 7) is 4.98. The van der Waals surface area contributed by atoms with Gasteiger partial charge in [0, 0.05) is 17.5 Å². The van der Waals surface area contributed by atoms with Crippen molar-refractivity contribution in [2.24, 2.45) is 0 Å². The number of aromatic nitrogens is 3. The van der Waals surface area contributed by atoms with E-state index in [1.165, 1.54) is 19.3 Å². The highest BCUT2D eigenvalue weighted by atomic mass is 35.5. The van der Waals surface area contributed by atoms with Crippen molar-refractivity contribution >= 4 is 11.6 Å². The first-order valence-electron chi connectivity index (χ1n) is 6.44. The number of alkyl halides is 1. The van der Waals surface area contributed by atoms with Gasteiger partial charge in [0.15, 0.2) is 0 Å². The SMILES string of the molecule is CC(C)n1ncnc1CNC1CCCCC1Cl. The predicted octanol–water partition coefficient (Wildman–Crippen LogP) is 2.50. The van der Waals surface area contributed by atoms with Gasteiger partial charge in [0.1, 0.15) is 12.2 Å². The Morgan fingerprint density at radius 2 is 2.24 bits per heavy atom. The second-order valence-electron chi connectivity index (χ2n) is 5.00. The highest BCUT2D eigenvalue weighted by Gasteiger charge is 2.23. The Balaban J connectivity index is 1.90. The number of halogens is 1. The van der Waals surface area contributed by atoms with E-state index in [1.54, 1.807) is 6.33 Å². The van der Waals surface area contributed by atoms with E-state index >= 15 is 0 Å². The Hall–Kier alpha value is -0.610. The molecule has 0 bridgehead atoms. The van der Waals surface area contributed by atoms with Gasteiger partial charge in [-0.1, -0.05) is 12.8 Å². The van der Waals surface area contributed by atoms with Crippen molar-refractivity contribution in [1.82, 2.24) is 20.1 Å². The van der Waals surface area contributed by atoms with Crippen LogP contribution in [-0.4, -0.2) is 26.2 Å². The summed E-state index contributed by atoms with van der Waals surface area (Å²) in [5.41, 5.74) is 0. The quantitative estimate of drug-likeness (QED) is 0.842. The average Bonchev–Trinajstić information content (AvgIpc) is 2.76. The first-order chi connectivity index (χ1) is 8.18. The predicted molar refractivity (Wildman–Crippen MR) is 69.1 cm³/mol. The topological polar surface area (TPSA) is 42.7 Å². The van der Waals surface area contributed by atoms with E-state index in [-0.39, 0.29) is 5.38 Å². The highest BCUT2D eigenvalue weighted by Crippen LogP contribution is 2.23. The van der Waals surface area contributed by atoms with Crippen molar-refractivity contribution in [2.45, 2.75) is 63.5 Å². The van der Waals surface area contributed by atoms with Crippen molar-refractivity contribution in [2.75, 3.05) is 0 Å². The third-order valence-corrected chi connectivity index (χ3v) is 3.86. The summed E-state index contributed by atoms with van der Waals surface area (Å²) in [6, 6.07) is 0.773. The largest absolute Gasteiger partial charge is 0.306 e. The summed E-state index contributed by atoms with van der Waals surface area (Å²) < 4.78 is 1.96. The van der Waals surface area contributed by atoms with E-state index in [1.807, 2.05) is 4.68 Å². The first kappa shape index (κ1) is 12.8. The minimum atomic E-state index is 0.263. The molecule has 1 heterocycles. The maximum atomic E-state index is 6.32. The zero-order chi connectivity index (χ0) is 12.3. The van der Waals surface area contributed by atoms with E-state index in [2.05, 4.69) is 29.2 Å². The molecule has 1 aliphatic rings. The fourth-order valence-electron chi connectivity index (χ4n) is 2.37. The van der Waals surface area contributed by atoms with Gasteiger partial charge in [0.05, 0.1) is 6.54 Å². The second kappa shape index (κ2) is 5.83. The van der Waals surface area contributed by atoms with Crippen LogP contribution in [0.25, 0.3) is 0 Å². The highest BCUT2D eigenvalue weighted by molar-refractivity contribution is 6.21. The molecule has 1 aromatic rings. The van der Waals surface area contributed by atoms with Crippen molar-refractivity contribution in [3.05, 3.63) is 12.2 Å². The Bertz CT molecular complexity index is 350. The molecule has 0 amide bonds. The molecule has 96 valence electrons. The fraction of sp³-hybridized carbons (Fsp3) is 0.833. The lowest BCUT2D eigenvalue weighted by Crippen LogP contribution is -2.39. The molecule has 1 aliphatic carbocycles. The molecule has 17 heavy (non-hydrogen) atoms. The Morgan fingerprint density at radius 1 is 1.47 bits per heavy atom. The van der Waals surface area contributed by atoms with Crippen LogP contribution >= 0.6 is 11.6 Å². The number of nitrogens with one attached hydrogen (secondary N) is 1. The molecule has 2 rings (SSSR count). The molecule has 5 heteroatoms. The third-order valence-electron chi connectivity index (χ3n) is 3.34. The number of hydrogen-bond donors (Lipinski definition) is 1. The maximum absolute atomic E-state index is 6.32. The molecule has 0 aromatic carbocycles. The lowest BCUT2D eigenvalue weighted by molar-refractivity contribution is 0.368. The van der Waals surface area contributed by atoms with Crippen LogP contribution in [0.5, 0.6) is 0 Å². The van der Waals surface area contributed by atoms with Crippen LogP contribution in [0.3, 0.4) is 0 Å². The van der Waals surface area contributed by atoms with Gasteiger partial charge in [-0.3, -0.25) is 0 Å². The van der Waals surface area contributed by atoms with Crippen LogP contribution in [0.4, 0.5) is 0 Å². The van der Waals surface area contributed by atoms with Gasteiger partial charge < -0.3 is 5.32 Å². The van der Waals surface area contributed by atoms with E-state index in [0.717, 1.165) is 18.8 Å². The summed E-state index contributed by atoms with van der Waals surface area (Å²) in [5, 5.41) is 8.01. The van der Waals surface area contributed by atoms with Gasteiger partial charge in [-0.05, 0) is 26.7 Å². The minimum absolute atomic E-state index is 0.263. The molecule has 0 radical (unpaired) electrons. The Kier molecular flexibility index (Phi) is 4.40. The summed E-state index contributed by atoms with van der Waals surface area (Å²) in [7, 11) is 0. The minimum Gasteiger partial charge on any atom is -0.306 e. The van der Waals surface area contributed by atoms with E-state index < -0.39 is 0 Å². The molecule has 1 aromatic heterocycles. The lowest BCUT2D eigenvalue weighted by Gasteiger charge is -2.27. The van der Waals surface area contributed by atoms with E-state index in [9.17, 15) is 0 Å². The number of hydrogen-bond acceptors (Lipinski definition) is 3. The molecule has 0 spiro atoms. The van der Waals surface area contributed by atoms with Crippen LogP contribution in [0.2, 0.25) is 0 Å². The molecule has 4 nitrogen and oxygen atoms in total. The van der Waals surface area contributed by atoms with Crippen LogP contribution in [0, 0.1) is 0 Å². The van der Waals surface area contributed by atoms with Crippen LogP contribution in [0.1, 0.15) is 51.4 Å². The number of nitrogens with zero attached hydrogens (tertiary/aromatic N) is 3. The van der Waals surface area contributed by atoms with Crippen LogP contribution < -0.4 is 5.32 Å². The van der Waals surface area contributed by atoms with Crippen molar-refractivity contribution in [3.63, 3.8) is 0 Å². The number of rotatable bonds is 4. The zero-order valence-electron chi connectivity index (χ0n) is 10.6. The normalized spacial score (nSPS) is 25.4. The summed E-state index contributed by atoms with van der Waals surface area (Å²) in [5.74, 6) is 0.995. The Labute approximate surface area is 108 Å². The van der Waals surface area contributed by atoms with Crippen LogP contribution in [-0.2, 0) is 6.54 Å². The van der Waals surface area contributed by atoms with Gasteiger partial charge in [-0.25, -0.2) is 9.67 Å². The first-order valence-corrected chi connectivity index (χ1v) is 6.88. The molecule has 1 saturated carbocycles. The summed E-state index contributed by atoms with van der Waals surface area (Å²) in [4.78, 5) is 4.29. The van der Waals surface area contributed by atoms with Crippen LogP contribution in [0.15, 0.2) is 6.33 Å². The molecule has 2 unspecified atom stereocenters. The second-order valence-corrected chi connectivity index (χ2v) is 5.56. The maximum Gasteiger partial charge on any atom is 0.141 e. The standard InChI is InChI=1S/C12H21ClN4/c1-9(2)17-12(15-8-16-17)7-14-11-6-4-3-5-10(11)13/h8-11,14H,3-7H2,1-2H3. The lowest BCUT2D eigenvalue weighted by atomic mass is 9.95. The fourth-order valence-corrected chi connectivity index (χ4v) is 2.74. The van der Waals surface area contributed by atoms with E-state index in [0.29, 0.717) is 12.1 Å². The summed E-state index contributed by atoms with van der Waals surface area (Å²) >= 11 is 6.32. The summed E-state index contributed by atoms with van der Waals surface area (Å²) in [6.07, 6.45) is 6.45. The molecule has 2 atom stereocenters. The van der Waals surface area contributed by atoms with E-state index in [4.69, 9.17) is 11.6 Å². The third kappa shape index (κ3) is 3.19. The molecular formula is C12H21ClN4. The van der Waals surface area contributed by atoms with Gasteiger partial charge in [0.2, 0.25) is 0 Å². The molecule has 0 aliphatic heterocycles. The molecule has 1 N–H and O–H groups in total. The van der Waals surface area contributed by atoms with Crippen molar-refractivity contribution < 1.29 is 0 Å². The van der Waals surface area contributed by atoms with Gasteiger partial charge in [0.25, 0.3) is 0 Å². The monoisotopic (exact) mass is 256 g/mol. The molecule has 1 fully saturated rings. The molecule has 0 saturated heterocycles. The van der Waals surface area contributed by atoms with Gasteiger partial charge in [-0.15, -0.1) is 11.6 Å². The van der Waals surface area contributed by atoms with Gasteiger partial charge >= 0.3 is 0 Å². The molecular weight excluding hydrogens is 236 g/mol. The zero-order valence-corrected chi connectivity index (χ0v) is 11.3. The smallest absolute Gasteiger partial charge is 0.141 e. The van der Waals surface area contributed by atoms with Crippen molar-refractivity contribution in [1.29, 1.82) is 0 Å². The van der Waals surface area contributed by atoms with Gasteiger partial charge in [-0.2, -0.15) is 5.10 Å². The average molecular weight is 257 g/mol. The van der Waals surface area contributed by atoms with Crippen molar-refractivity contribution in [3.8, 4) is 0 Å². The Morgan fingerprint density at radius 3 is 2.94 bits per heavy atom.